The summed E-state index contributed by atoms with van der Waals surface area (Å²) in [7, 11) is -4.24. The van der Waals surface area contributed by atoms with Gasteiger partial charge in [-0.15, -0.1) is 0 Å². The summed E-state index contributed by atoms with van der Waals surface area (Å²) in [6.07, 6.45) is 0. The maximum atomic E-state index is 6.63. The minimum absolute atomic E-state index is 0.102. The molecule has 408 valence electrons. The molecule has 0 saturated carbocycles. The molecule has 85 heavy (non-hydrogen) atoms. The Kier molecular flexibility index (Phi) is 11.5. The van der Waals surface area contributed by atoms with Crippen molar-refractivity contribution in [1.29, 1.82) is 0 Å². The van der Waals surface area contributed by atoms with Gasteiger partial charge in [0, 0.05) is 49.0 Å². The Morgan fingerprint density at radius 2 is 0.741 bits per heavy atom. The van der Waals surface area contributed by atoms with E-state index in [1.807, 2.05) is 12.1 Å². The van der Waals surface area contributed by atoms with Crippen molar-refractivity contribution in [1.82, 2.24) is 0 Å². The van der Waals surface area contributed by atoms with Crippen molar-refractivity contribution < 1.29 is 8.83 Å². The Bertz CT molecular complexity index is 5130. The summed E-state index contributed by atoms with van der Waals surface area (Å²) in [5, 5.41) is 12.4. The van der Waals surface area contributed by atoms with E-state index in [1.165, 1.54) is 71.3 Å². The number of rotatable bonds is 10. The van der Waals surface area contributed by atoms with Crippen LogP contribution in [0.4, 0.5) is 34.1 Å². The number of anilines is 6. The highest BCUT2D eigenvalue weighted by Gasteiger charge is 2.60. The van der Waals surface area contributed by atoms with E-state index in [2.05, 4.69) is 304 Å². The average molecular weight is 1130 g/mol. The lowest BCUT2D eigenvalue weighted by Gasteiger charge is -2.51. The van der Waals surface area contributed by atoms with Crippen LogP contribution in [0.25, 0.3) is 110 Å². The van der Waals surface area contributed by atoms with E-state index in [0.29, 0.717) is 0 Å². The molecule has 0 radical (unpaired) electrons. The summed E-state index contributed by atoms with van der Waals surface area (Å²) in [5.74, 6) is 0. The Balaban J connectivity index is 0.804. The molecule has 1 aliphatic rings. The summed E-state index contributed by atoms with van der Waals surface area (Å²) in [6, 6.07) is 98.0. The van der Waals surface area contributed by atoms with Gasteiger partial charge in [0.1, 0.15) is 11.2 Å². The van der Waals surface area contributed by atoms with Gasteiger partial charge in [0.15, 0.2) is 11.2 Å². The SMILES string of the molecule is C[Si](C)(C)C1([Si](C)(C)C)c2cc3cc(-c4ccc(N(c5ccccc5)c5cccc6c5oc5ccccc56)cc4)ccc3cc2-c2c1c1ccc(-c3ccc(N(c4ccccc4)c4cccc5c4oc4ccccc45)cc3)cc1c1ccccc21. The fourth-order valence-electron chi connectivity index (χ4n) is 15.3. The topological polar surface area (TPSA) is 32.8 Å². The van der Waals surface area contributed by atoms with Crippen molar-refractivity contribution in [2.24, 2.45) is 0 Å². The Morgan fingerprint density at radius 3 is 1.27 bits per heavy atom. The van der Waals surface area contributed by atoms with Crippen LogP contribution in [0.2, 0.25) is 39.3 Å². The standard InChI is InChI=1S/C79H62N2O2Si2/c1-84(2,3)79(85(4,5)6)70-50-56-47-53(51-37-42-59(43-38-51)80(57-21-9-7-10-22-57)71-31-19-29-66-62-26-15-17-33-73(62)82-77(66)71)35-36-55(56)49-69(70)75-64-28-14-13-25-61(64)68-48-54(41-46-65(68)76(75)79)52-39-44-60(45-40-52)81(58-23-11-8-12-24-58)72-32-20-30-67-63-27-16-18-34-74(63)83-78(67)72/h7-50H,1-6H3. The third-order valence-corrected chi connectivity index (χ3v) is 28.5. The summed E-state index contributed by atoms with van der Waals surface area (Å²) >= 11 is 0. The molecule has 2 aromatic heterocycles. The van der Waals surface area contributed by atoms with Crippen LogP contribution >= 0.6 is 0 Å². The van der Waals surface area contributed by atoms with Crippen LogP contribution in [-0.4, -0.2) is 16.1 Å². The minimum Gasteiger partial charge on any atom is -0.454 e. The second-order valence-electron chi connectivity index (χ2n) is 25.2. The largest absolute Gasteiger partial charge is 0.454 e. The zero-order valence-electron chi connectivity index (χ0n) is 48.6. The number of furan rings is 2. The zero-order chi connectivity index (χ0) is 57.3. The van der Waals surface area contributed by atoms with Crippen LogP contribution in [0.5, 0.6) is 0 Å². The molecule has 0 N–H and O–H groups in total. The molecular weight excluding hydrogens is 1070 g/mol. The highest BCUT2D eigenvalue weighted by atomic mass is 28.4. The lowest BCUT2D eigenvalue weighted by Crippen LogP contribution is -2.63. The van der Waals surface area contributed by atoms with Gasteiger partial charge in [0.25, 0.3) is 0 Å². The maximum Gasteiger partial charge on any atom is 0.159 e. The van der Waals surface area contributed by atoms with E-state index < -0.39 is 16.1 Å². The monoisotopic (exact) mass is 1130 g/mol. The molecule has 1 aliphatic carbocycles. The predicted molar refractivity (Wildman–Crippen MR) is 367 cm³/mol. The van der Waals surface area contributed by atoms with Gasteiger partial charge in [-0.1, -0.05) is 215 Å². The molecule has 0 amide bonds. The zero-order valence-corrected chi connectivity index (χ0v) is 50.6. The lowest BCUT2D eigenvalue weighted by molar-refractivity contribution is 0.668. The van der Waals surface area contributed by atoms with Crippen LogP contribution in [-0.2, 0) is 4.66 Å². The summed E-state index contributed by atoms with van der Waals surface area (Å²) in [5.41, 5.74) is 20.5. The van der Waals surface area contributed by atoms with Crippen molar-refractivity contribution >= 4 is 126 Å². The molecule has 0 spiro atoms. The number of hydrogen-bond acceptors (Lipinski definition) is 4. The number of hydrogen-bond donors (Lipinski definition) is 0. The van der Waals surface area contributed by atoms with E-state index in [1.54, 1.807) is 5.56 Å². The van der Waals surface area contributed by atoms with Crippen LogP contribution in [0, 0.1) is 0 Å². The smallest absolute Gasteiger partial charge is 0.159 e. The van der Waals surface area contributed by atoms with Crippen molar-refractivity contribution in [2.75, 3.05) is 9.80 Å². The van der Waals surface area contributed by atoms with Crippen molar-refractivity contribution in [3.8, 4) is 33.4 Å². The van der Waals surface area contributed by atoms with Crippen LogP contribution in [0.1, 0.15) is 11.1 Å². The predicted octanol–water partition coefficient (Wildman–Crippen LogP) is 23.2. The third kappa shape index (κ3) is 7.78. The molecule has 0 saturated heterocycles. The van der Waals surface area contributed by atoms with E-state index in [4.69, 9.17) is 8.83 Å². The number of benzene rings is 13. The summed E-state index contributed by atoms with van der Waals surface area (Å²) in [6.45, 7) is 15.9. The highest BCUT2D eigenvalue weighted by molar-refractivity contribution is 7.00. The van der Waals surface area contributed by atoms with Gasteiger partial charge in [-0.2, -0.15) is 0 Å². The number of para-hydroxylation sites is 6. The van der Waals surface area contributed by atoms with Gasteiger partial charge < -0.3 is 18.6 Å². The normalized spacial score (nSPS) is 13.2. The van der Waals surface area contributed by atoms with Gasteiger partial charge in [-0.05, 0) is 168 Å². The first-order chi connectivity index (χ1) is 41.4. The van der Waals surface area contributed by atoms with Gasteiger partial charge in [0.05, 0.1) is 27.5 Å². The molecule has 15 aromatic rings. The molecule has 2 heterocycles. The van der Waals surface area contributed by atoms with Gasteiger partial charge >= 0.3 is 0 Å². The van der Waals surface area contributed by atoms with Crippen LogP contribution in [0.3, 0.4) is 0 Å². The van der Waals surface area contributed by atoms with E-state index >= 15 is 0 Å². The molecule has 0 aliphatic heterocycles. The number of fused-ring (bicyclic) bond motifs is 15. The first-order valence-corrected chi connectivity index (χ1v) is 36.7. The fourth-order valence-corrected chi connectivity index (χ4v) is 28.3. The second kappa shape index (κ2) is 19.2. The van der Waals surface area contributed by atoms with Gasteiger partial charge in [0.2, 0.25) is 0 Å². The van der Waals surface area contributed by atoms with Crippen molar-refractivity contribution in [3.05, 3.63) is 278 Å². The first-order valence-electron chi connectivity index (χ1n) is 29.7. The summed E-state index contributed by atoms with van der Waals surface area (Å²) in [4.78, 5) is 4.64. The molecule has 0 fully saturated rings. The molecule has 4 nitrogen and oxygen atoms in total. The molecule has 16 rings (SSSR count). The summed E-state index contributed by atoms with van der Waals surface area (Å²) < 4.78 is 13.1. The van der Waals surface area contributed by atoms with E-state index in [9.17, 15) is 0 Å². The van der Waals surface area contributed by atoms with Crippen molar-refractivity contribution in [3.63, 3.8) is 0 Å². The number of nitrogens with zero attached hydrogens (tertiary/aromatic N) is 2. The fraction of sp³-hybridized carbons (Fsp3) is 0.0886. The average Bonchev–Trinajstić information content (AvgIpc) is 1.58. The molecule has 6 heteroatoms. The van der Waals surface area contributed by atoms with Crippen LogP contribution < -0.4 is 9.80 Å². The lowest BCUT2D eigenvalue weighted by atomic mass is 9.89. The van der Waals surface area contributed by atoms with Gasteiger partial charge in [-0.25, -0.2) is 0 Å². The van der Waals surface area contributed by atoms with Gasteiger partial charge in [-0.3, -0.25) is 0 Å². The molecule has 13 aromatic carbocycles. The quantitative estimate of drug-likeness (QED) is 0.101. The van der Waals surface area contributed by atoms with Crippen molar-refractivity contribution in [2.45, 2.75) is 43.9 Å². The first kappa shape index (κ1) is 51.0. The molecular formula is C79H62N2O2Si2. The minimum atomic E-state index is -2.12. The molecule has 0 unspecified atom stereocenters. The Labute approximate surface area is 497 Å². The van der Waals surface area contributed by atoms with E-state index in [0.717, 1.165) is 78.0 Å². The Morgan fingerprint density at radius 1 is 0.306 bits per heavy atom. The van der Waals surface area contributed by atoms with Crippen LogP contribution in [0.15, 0.2) is 276 Å². The molecule has 0 atom stereocenters. The maximum absolute atomic E-state index is 6.63. The molecule has 0 bridgehead atoms. The second-order valence-corrected chi connectivity index (χ2v) is 36.2. The Hall–Kier alpha value is -9.73. The third-order valence-electron chi connectivity index (χ3n) is 18.5. The van der Waals surface area contributed by atoms with E-state index in [-0.39, 0.29) is 4.66 Å². The highest BCUT2D eigenvalue weighted by Crippen LogP contribution is 2.62.